The number of halogens is 1. The summed E-state index contributed by atoms with van der Waals surface area (Å²) in [5.41, 5.74) is 2.20. The van der Waals surface area contributed by atoms with E-state index < -0.39 is 0 Å². The monoisotopic (exact) mass is 429 g/mol. The van der Waals surface area contributed by atoms with Crippen LogP contribution in [0.15, 0.2) is 36.4 Å². The van der Waals surface area contributed by atoms with Crippen molar-refractivity contribution >= 4 is 11.6 Å². The maximum absolute atomic E-state index is 14.1. The van der Waals surface area contributed by atoms with Crippen LogP contribution >= 0.6 is 0 Å². The van der Waals surface area contributed by atoms with Crippen LogP contribution in [0.5, 0.6) is 11.5 Å². The molecule has 0 aliphatic carbocycles. The normalized spacial score (nSPS) is 15.5. The highest BCUT2D eigenvalue weighted by atomic mass is 19.1. The number of piperazine rings is 1. The molecule has 0 radical (unpaired) electrons. The van der Waals surface area contributed by atoms with Crippen molar-refractivity contribution in [2.75, 3.05) is 51.3 Å². The second-order valence-corrected chi connectivity index (χ2v) is 7.62. The minimum absolute atomic E-state index is 0.250. The largest absolute Gasteiger partial charge is 0.493 e. The lowest BCUT2D eigenvalue weighted by molar-refractivity contribution is 0.0939. The first-order valence-corrected chi connectivity index (χ1v) is 10.8. The zero-order chi connectivity index (χ0) is 22.4. The molecule has 1 aliphatic heterocycles. The summed E-state index contributed by atoms with van der Waals surface area (Å²) in [7, 11) is 1.54. The number of hydrogen-bond donors (Lipinski definition) is 1. The Morgan fingerprint density at radius 1 is 1.10 bits per heavy atom. The molecule has 6 nitrogen and oxygen atoms in total. The van der Waals surface area contributed by atoms with Gasteiger partial charge in [0.25, 0.3) is 5.91 Å². The van der Waals surface area contributed by atoms with Gasteiger partial charge in [-0.15, -0.1) is 0 Å². The lowest BCUT2D eigenvalue weighted by atomic mass is 10.0. The van der Waals surface area contributed by atoms with Gasteiger partial charge in [0, 0.05) is 43.0 Å². The van der Waals surface area contributed by atoms with E-state index >= 15 is 0 Å². The summed E-state index contributed by atoms with van der Waals surface area (Å²) >= 11 is 0. The smallest absolute Gasteiger partial charge is 0.251 e. The van der Waals surface area contributed by atoms with Gasteiger partial charge in [-0.1, -0.05) is 6.92 Å². The van der Waals surface area contributed by atoms with E-state index in [9.17, 15) is 9.18 Å². The fourth-order valence-corrected chi connectivity index (χ4v) is 3.91. The van der Waals surface area contributed by atoms with Crippen molar-refractivity contribution in [2.45, 2.75) is 26.8 Å². The molecule has 7 heteroatoms. The number of carbonyl (C=O) groups excluding carboxylic acids is 1. The third-order valence-corrected chi connectivity index (χ3v) is 5.69. The van der Waals surface area contributed by atoms with Crippen LogP contribution < -0.4 is 19.7 Å². The standard InChI is InChI=1S/C24H32FN3O3/c1-5-27-11-13-28(14-12-27)21-9-8-19(25)16-20(21)17(3)26-24(29)18-7-10-22(31-6-2)23(15-18)30-4/h7-10,15-17H,5-6,11-14H2,1-4H3,(H,26,29). The Hall–Kier alpha value is -2.80. The number of amides is 1. The summed E-state index contributed by atoms with van der Waals surface area (Å²) in [6.07, 6.45) is 0. The summed E-state index contributed by atoms with van der Waals surface area (Å²) in [6, 6.07) is 9.54. The SMILES string of the molecule is CCOc1ccc(C(=O)NC(C)c2cc(F)ccc2N2CCN(CC)CC2)cc1OC. The molecule has 2 aromatic rings. The van der Waals surface area contributed by atoms with Crippen LogP contribution in [0, 0.1) is 5.82 Å². The van der Waals surface area contributed by atoms with Crippen LogP contribution in [0.2, 0.25) is 0 Å². The fraction of sp³-hybridized carbons (Fsp3) is 0.458. The Kier molecular flexibility index (Phi) is 7.74. The first kappa shape index (κ1) is 22.9. The van der Waals surface area contributed by atoms with Gasteiger partial charge in [-0.25, -0.2) is 4.39 Å². The minimum Gasteiger partial charge on any atom is -0.493 e. The van der Waals surface area contributed by atoms with Crippen molar-refractivity contribution in [3.63, 3.8) is 0 Å². The van der Waals surface area contributed by atoms with E-state index in [2.05, 4.69) is 22.0 Å². The Bertz CT molecular complexity index is 898. The Balaban J connectivity index is 1.78. The van der Waals surface area contributed by atoms with Crippen molar-refractivity contribution in [3.05, 3.63) is 53.3 Å². The Morgan fingerprint density at radius 3 is 2.48 bits per heavy atom. The number of rotatable bonds is 8. The van der Waals surface area contributed by atoms with Gasteiger partial charge in [0.15, 0.2) is 11.5 Å². The molecule has 1 atom stereocenters. The van der Waals surface area contributed by atoms with Crippen LogP contribution in [0.3, 0.4) is 0 Å². The highest BCUT2D eigenvalue weighted by Gasteiger charge is 2.22. The second-order valence-electron chi connectivity index (χ2n) is 7.62. The van der Waals surface area contributed by atoms with Gasteiger partial charge in [0.2, 0.25) is 0 Å². The lowest BCUT2D eigenvalue weighted by Gasteiger charge is -2.37. The van der Waals surface area contributed by atoms with Gasteiger partial charge < -0.3 is 24.6 Å². The topological polar surface area (TPSA) is 54.0 Å². The van der Waals surface area contributed by atoms with E-state index in [0.717, 1.165) is 44.0 Å². The molecule has 0 bridgehead atoms. The molecule has 0 aromatic heterocycles. The second kappa shape index (κ2) is 10.5. The van der Waals surface area contributed by atoms with Crippen LogP contribution in [0.4, 0.5) is 10.1 Å². The molecule has 168 valence electrons. The molecule has 1 saturated heterocycles. The average molecular weight is 430 g/mol. The molecule has 0 saturated carbocycles. The quantitative estimate of drug-likeness (QED) is 0.691. The lowest BCUT2D eigenvalue weighted by Crippen LogP contribution is -2.46. The van der Waals surface area contributed by atoms with Gasteiger partial charge in [-0.3, -0.25) is 4.79 Å². The number of anilines is 1. The molecule has 2 aromatic carbocycles. The molecule has 1 aliphatic rings. The average Bonchev–Trinajstić information content (AvgIpc) is 2.79. The van der Waals surface area contributed by atoms with Crippen LogP contribution in [-0.2, 0) is 0 Å². The highest BCUT2D eigenvalue weighted by molar-refractivity contribution is 5.95. The molecular formula is C24H32FN3O3. The first-order valence-electron chi connectivity index (χ1n) is 10.8. The van der Waals surface area contributed by atoms with Crippen molar-refractivity contribution in [3.8, 4) is 11.5 Å². The van der Waals surface area contributed by atoms with Gasteiger partial charge in [-0.2, -0.15) is 0 Å². The fourth-order valence-electron chi connectivity index (χ4n) is 3.91. The van der Waals surface area contributed by atoms with Crippen molar-refractivity contribution in [2.24, 2.45) is 0 Å². The third-order valence-electron chi connectivity index (χ3n) is 5.69. The van der Waals surface area contributed by atoms with Gasteiger partial charge >= 0.3 is 0 Å². The van der Waals surface area contributed by atoms with Crippen molar-refractivity contribution < 1.29 is 18.7 Å². The maximum Gasteiger partial charge on any atom is 0.251 e. The summed E-state index contributed by atoms with van der Waals surface area (Å²) in [5, 5.41) is 3.00. The number of nitrogens with zero attached hydrogens (tertiary/aromatic N) is 2. The van der Waals surface area contributed by atoms with Gasteiger partial charge in [-0.05, 0) is 56.8 Å². The van der Waals surface area contributed by atoms with E-state index in [1.54, 1.807) is 25.3 Å². The zero-order valence-corrected chi connectivity index (χ0v) is 18.8. The molecule has 31 heavy (non-hydrogen) atoms. The molecule has 0 spiro atoms. The Morgan fingerprint density at radius 2 is 1.84 bits per heavy atom. The van der Waals surface area contributed by atoms with Crippen molar-refractivity contribution in [1.29, 1.82) is 0 Å². The molecule has 1 unspecified atom stereocenters. The molecule has 1 fully saturated rings. The molecule has 1 N–H and O–H groups in total. The zero-order valence-electron chi connectivity index (χ0n) is 18.8. The maximum atomic E-state index is 14.1. The van der Waals surface area contributed by atoms with Crippen LogP contribution in [0.25, 0.3) is 0 Å². The number of hydrogen-bond acceptors (Lipinski definition) is 5. The molecule has 1 amide bonds. The number of methoxy groups -OCH3 is 1. The summed E-state index contributed by atoms with van der Waals surface area (Å²) in [6.45, 7) is 11.2. The number of likely N-dealkylation sites (N-methyl/N-ethyl adjacent to an activating group) is 1. The van der Waals surface area contributed by atoms with E-state index in [-0.39, 0.29) is 17.8 Å². The summed E-state index contributed by atoms with van der Waals surface area (Å²) < 4.78 is 25.0. The van der Waals surface area contributed by atoms with Crippen LogP contribution in [-0.4, -0.2) is 57.2 Å². The summed E-state index contributed by atoms with van der Waals surface area (Å²) in [4.78, 5) is 17.6. The number of nitrogens with one attached hydrogen (secondary N) is 1. The Labute approximate surface area is 183 Å². The molecule has 3 rings (SSSR count). The van der Waals surface area contributed by atoms with Gasteiger partial charge in [0.05, 0.1) is 19.8 Å². The van der Waals surface area contributed by atoms with E-state index in [4.69, 9.17) is 9.47 Å². The predicted molar refractivity (Wildman–Crippen MR) is 121 cm³/mol. The number of carbonyl (C=O) groups is 1. The third kappa shape index (κ3) is 5.47. The van der Waals surface area contributed by atoms with E-state index in [1.807, 2.05) is 19.9 Å². The van der Waals surface area contributed by atoms with E-state index in [0.29, 0.717) is 23.7 Å². The van der Waals surface area contributed by atoms with E-state index in [1.165, 1.54) is 12.1 Å². The molecule has 1 heterocycles. The van der Waals surface area contributed by atoms with Crippen molar-refractivity contribution in [1.82, 2.24) is 10.2 Å². The highest BCUT2D eigenvalue weighted by Crippen LogP contribution is 2.30. The van der Waals surface area contributed by atoms with Gasteiger partial charge in [0.1, 0.15) is 5.82 Å². The number of ether oxygens (including phenoxy) is 2. The minimum atomic E-state index is -0.361. The first-order chi connectivity index (χ1) is 15.0. The summed E-state index contributed by atoms with van der Waals surface area (Å²) in [5.74, 6) is 0.533. The molecular weight excluding hydrogens is 397 g/mol. The predicted octanol–water partition coefficient (Wildman–Crippen LogP) is 3.87. The van der Waals surface area contributed by atoms with Crippen LogP contribution in [0.1, 0.15) is 42.7 Å². The number of benzene rings is 2.